The quantitative estimate of drug-likeness (QED) is 0.593. The summed E-state index contributed by atoms with van der Waals surface area (Å²) in [5, 5.41) is 0.139. The Balaban J connectivity index is 2.31. The van der Waals surface area contributed by atoms with Crippen LogP contribution in [-0.4, -0.2) is 30.2 Å². The number of aromatic nitrogens is 2. The number of esters is 1. The van der Waals surface area contributed by atoms with Gasteiger partial charge in [0.1, 0.15) is 5.69 Å². The molecule has 0 unspecified atom stereocenters. The van der Waals surface area contributed by atoms with E-state index in [1.165, 1.54) is 20.4 Å². The highest BCUT2D eigenvalue weighted by Crippen LogP contribution is 2.23. The van der Waals surface area contributed by atoms with Crippen molar-refractivity contribution in [3.05, 3.63) is 51.0 Å². The van der Waals surface area contributed by atoms with Gasteiger partial charge in [0.2, 0.25) is 5.28 Å². The Labute approximate surface area is 141 Å². The molecule has 0 aliphatic carbocycles. The van der Waals surface area contributed by atoms with Gasteiger partial charge in [0.15, 0.2) is 5.75 Å². The summed E-state index contributed by atoms with van der Waals surface area (Å²) in [6.07, 6.45) is 5.08. The lowest BCUT2D eigenvalue weighted by molar-refractivity contribution is 0.0600. The van der Waals surface area contributed by atoms with Gasteiger partial charge in [-0.1, -0.05) is 28.1 Å². The van der Waals surface area contributed by atoms with Crippen molar-refractivity contribution in [2.24, 2.45) is 0 Å². The zero-order valence-corrected chi connectivity index (χ0v) is 14.2. The van der Waals surface area contributed by atoms with Gasteiger partial charge in [-0.15, -0.1) is 0 Å². The molecule has 0 saturated carbocycles. The first-order valence-corrected chi connectivity index (χ1v) is 7.34. The van der Waals surface area contributed by atoms with E-state index in [0.29, 0.717) is 17.0 Å². The minimum Gasteiger partial charge on any atom is -0.493 e. The van der Waals surface area contributed by atoms with Gasteiger partial charge in [-0.2, -0.15) is 0 Å². The Hall–Kier alpha value is -1.92. The van der Waals surface area contributed by atoms with E-state index in [1.807, 2.05) is 6.08 Å². The maximum absolute atomic E-state index is 11.5. The number of carbonyl (C=O) groups excluding carboxylic acids is 1. The number of nitrogens with zero attached hydrogens (tertiary/aromatic N) is 2. The number of benzene rings is 1. The van der Waals surface area contributed by atoms with Crippen molar-refractivity contribution < 1.29 is 14.3 Å². The summed E-state index contributed by atoms with van der Waals surface area (Å²) >= 11 is 9.21. The van der Waals surface area contributed by atoms with E-state index in [1.54, 1.807) is 24.3 Å². The van der Waals surface area contributed by atoms with Crippen molar-refractivity contribution >= 4 is 45.7 Å². The van der Waals surface area contributed by atoms with Crippen LogP contribution in [0.5, 0.6) is 5.75 Å². The number of methoxy groups -OCH3 is 2. The maximum atomic E-state index is 11.5. The first-order chi connectivity index (χ1) is 10.5. The molecule has 0 bridgehead atoms. The average molecular weight is 384 g/mol. The third-order valence-corrected chi connectivity index (χ3v) is 3.68. The molecule has 7 heteroatoms. The number of hydrogen-bond acceptors (Lipinski definition) is 5. The van der Waals surface area contributed by atoms with Gasteiger partial charge in [0.25, 0.3) is 0 Å². The third-order valence-electron chi connectivity index (χ3n) is 2.82. The monoisotopic (exact) mass is 382 g/mol. The van der Waals surface area contributed by atoms with Gasteiger partial charge >= 0.3 is 5.97 Å². The van der Waals surface area contributed by atoms with Crippen molar-refractivity contribution in [2.75, 3.05) is 14.2 Å². The minimum atomic E-state index is -0.388. The van der Waals surface area contributed by atoms with Crippen molar-refractivity contribution in [3.63, 3.8) is 0 Å². The highest BCUT2D eigenvalue weighted by Gasteiger charge is 2.08. The summed E-state index contributed by atoms with van der Waals surface area (Å²) < 4.78 is 10.6. The van der Waals surface area contributed by atoms with E-state index in [0.717, 1.165) is 10.0 Å². The second-order valence-electron chi connectivity index (χ2n) is 4.15. The molecule has 114 valence electrons. The standard InChI is InChI=1S/C15H12BrClN2O3/c1-21-13-8-18-15(17)19-12(13)6-5-9-3-4-10(7-11(9)16)14(20)22-2/h3-8H,1-2H3/b6-5+. The molecule has 0 radical (unpaired) electrons. The molecule has 5 nitrogen and oxygen atoms in total. The summed E-state index contributed by atoms with van der Waals surface area (Å²) in [4.78, 5) is 19.4. The second-order valence-corrected chi connectivity index (χ2v) is 5.35. The van der Waals surface area contributed by atoms with Crippen LogP contribution in [0.25, 0.3) is 12.2 Å². The number of ether oxygens (including phenoxy) is 2. The van der Waals surface area contributed by atoms with E-state index in [2.05, 4.69) is 30.6 Å². The van der Waals surface area contributed by atoms with Crippen LogP contribution >= 0.6 is 27.5 Å². The number of halogens is 2. The molecular formula is C15H12BrClN2O3. The summed E-state index contributed by atoms with van der Waals surface area (Å²) in [5.41, 5.74) is 1.89. The van der Waals surface area contributed by atoms with Gasteiger partial charge in [-0.3, -0.25) is 0 Å². The van der Waals surface area contributed by atoms with Gasteiger partial charge in [-0.25, -0.2) is 14.8 Å². The fourth-order valence-electron chi connectivity index (χ4n) is 1.71. The Bertz CT molecular complexity index is 735. The van der Waals surface area contributed by atoms with Crippen LogP contribution in [0.15, 0.2) is 28.9 Å². The Morgan fingerprint density at radius 3 is 2.73 bits per heavy atom. The lowest BCUT2D eigenvalue weighted by atomic mass is 10.1. The van der Waals surface area contributed by atoms with Gasteiger partial charge in [-0.05, 0) is 35.4 Å². The third kappa shape index (κ3) is 3.84. The van der Waals surface area contributed by atoms with Crippen LogP contribution in [0.3, 0.4) is 0 Å². The zero-order chi connectivity index (χ0) is 16.1. The van der Waals surface area contributed by atoms with Crippen LogP contribution in [0.4, 0.5) is 0 Å². The minimum absolute atomic E-state index is 0.139. The first-order valence-electron chi connectivity index (χ1n) is 6.17. The molecule has 0 amide bonds. The van der Waals surface area contributed by atoms with Crippen LogP contribution in [0, 0.1) is 0 Å². The Morgan fingerprint density at radius 1 is 1.32 bits per heavy atom. The first kappa shape index (κ1) is 16.5. The molecule has 2 rings (SSSR count). The predicted molar refractivity (Wildman–Crippen MR) is 88.0 cm³/mol. The van der Waals surface area contributed by atoms with Gasteiger partial charge in [0.05, 0.1) is 26.0 Å². The molecule has 0 spiro atoms. The molecule has 0 fully saturated rings. The zero-order valence-electron chi connectivity index (χ0n) is 11.8. The smallest absolute Gasteiger partial charge is 0.337 e. The second kappa shape index (κ2) is 7.38. The molecule has 2 aromatic rings. The maximum Gasteiger partial charge on any atom is 0.337 e. The lowest BCUT2D eigenvalue weighted by Gasteiger charge is -2.04. The fourth-order valence-corrected chi connectivity index (χ4v) is 2.36. The Kier molecular flexibility index (Phi) is 5.51. The SMILES string of the molecule is COC(=O)c1ccc(/C=C/c2nc(Cl)ncc2OC)c(Br)c1. The van der Waals surface area contributed by atoms with Crippen molar-refractivity contribution in [1.82, 2.24) is 9.97 Å². The molecule has 22 heavy (non-hydrogen) atoms. The van der Waals surface area contributed by atoms with Gasteiger partial charge in [0, 0.05) is 4.47 Å². The van der Waals surface area contributed by atoms with E-state index >= 15 is 0 Å². The number of rotatable bonds is 4. The van der Waals surface area contributed by atoms with E-state index < -0.39 is 0 Å². The summed E-state index contributed by atoms with van der Waals surface area (Å²) in [7, 11) is 2.88. The normalized spacial score (nSPS) is 10.7. The predicted octanol–water partition coefficient (Wildman–Crippen LogP) is 3.86. The topological polar surface area (TPSA) is 61.3 Å². The lowest BCUT2D eigenvalue weighted by Crippen LogP contribution is -2.00. The van der Waals surface area contributed by atoms with E-state index in [-0.39, 0.29) is 11.3 Å². The molecule has 0 saturated heterocycles. The Morgan fingerprint density at radius 2 is 2.09 bits per heavy atom. The summed E-state index contributed by atoms with van der Waals surface area (Å²) in [6, 6.07) is 5.16. The van der Waals surface area contributed by atoms with E-state index in [9.17, 15) is 4.79 Å². The van der Waals surface area contributed by atoms with Crippen LogP contribution in [-0.2, 0) is 4.74 Å². The molecule has 1 aromatic carbocycles. The molecule has 0 aliphatic rings. The average Bonchev–Trinajstić information content (AvgIpc) is 2.53. The summed E-state index contributed by atoms with van der Waals surface area (Å²) in [6.45, 7) is 0. The molecule has 1 aromatic heterocycles. The van der Waals surface area contributed by atoms with E-state index in [4.69, 9.17) is 16.3 Å². The largest absolute Gasteiger partial charge is 0.493 e. The van der Waals surface area contributed by atoms with Crippen LogP contribution in [0.2, 0.25) is 5.28 Å². The summed E-state index contributed by atoms with van der Waals surface area (Å²) in [5.74, 6) is 0.128. The number of carbonyl (C=O) groups is 1. The molecule has 0 atom stereocenters. The molecule has 0 N–H and O–H groups in total. The van der Waals surface area contributed by atoms with Crippen molar-refractivity contribution in [2.45, 2.75) is 0 Å². The van der Waals surface area contributed by atoms with Crippen molar-refractivity contribution in [3.8, 4) is 5.75 Å². The molecule has 0 aliphatic heterocycles. The molecular weight excluding hydrogens is 372 g/mol. The highest BCUT2D eigenvalue weighted by molar-refractivity contribution is 9.10. The fraction of sp³-hybridized carbons (Fsp3) is 0.133. The van der Waals surface area contributed by atoms with Crippen molar-refractivity contribution in [1.29, 1.82) is 0 Å². The van der Waals surface area contributed by atoms with Crippen LogP contribution < -0.4 is 4.74 Å². The number of hydrogen-bond donors (Lipinski definition) is 0. The highest BCUT2D eigenvalue weighted by atomic mass is 79.9. The molecule has 1 heterocycles. The van der Waals surface area contributed by atoms with Crippen LogP contribution in [0.1, 0.15) is 21.6 Å². The van der Waals surface area contributed by atoms with Gasteiger partial charge < -0.3 is 9.47 Å².